The van der Waals surface area contributed by atoms with E-state index in [0.717, 1.165) is 0 Å². The molecule has 0 bridgehead atoms. The summed E-state index contributed by atoms with van der Waals surface area (Å²) < 4.78 is 2.60. The highest BCUT2D eigenvalue weighted by Gasteiger charge is 2.24. The Bertz CT molecular complexity index is 389. The summed E-state index contributed by atoms with van der Waals surface area (Å²) in [6.07, 6.45) is 3.06. The second-order valence-electron chi connectivity index (χ2n) is 3.63. The van der Waals surface area contributed by atoms with Gasteiger partial charge in [0, 0.05) is 19.4 Å². The van der Waals surface area contributed by atoms with Crippen LogP contribution in [0.5, 0.6) is 0 Å². The standard InChI is InChI=1S/C9H14N2O3/c1-6(2)7(8(12)13)11-5-4-10(3)9(11)14/h4-7H,1-3H3,(H,12,13). The summed E-state index contributed by atoms with van der Waals surface area (Å²) in [6, 6.07) is -0.788. The van der Waals surface area contributed by atoms with E-state index in [0.29, 0.717) is 0 Å². The molecule has 1 atom stereocenters. The van der Waals surface area contributed by atoms with E-state index < -0.39 is 12.0 Å². The van der Waals surface area contributed by atoms with E-state index in [1.54, 1.807) is 27.1 Å². The molecular weight excluding hydrogens is 184 g/mol. The van der Waals surface area contributed by atoms with Crippen molar-refractivity contribution in [1.82, 2.24) is 9.13 Å². The molecule has 1 aromatic rings. The van der Waals surface area contributed by atoms with Crippen molar-refractivity contribution in [3.05, 3.63) is 22.9 Å². The van der Waals surface area contributed by atoms with Gasteiger partial charge >= 0.3 is 11.7 Å². The third kappa shape index (κ3) is 1.71. The van der Waals surface area contributed by atoms with Gasteiger partial charge in [-0.05, 0) is 5.92 Å². The minimum absolute atomic E-state index is 0.118. The maximum atomic E-state index is 11.5. The average molecular weight is 198 g/mol. The van der Waals surface area contributed by atoms with Gasteiger partial charge in [-0.15, -0.1) is 0 Å². The molecular formula is C9H14N2O3. The second kappa shape index (κ2) is 3.69. The highest BCUT2D eigenvalue weighted by Crippen LogP contribution is 2.15. The molecule has 1 unspecified atom stereocenters. The van der Waals surface area contributed by atoms with Crippen LogP contribution in [-0.4, -0.2) is 20.2 Å². The van der Waals surface area contributed by atoms with Crippen molar-refractivity contribution in [3.8, 4) is 0 Å². The molecule has 0 saturated heterocycles. The van der Waals surface area contributed by atoms with Crippen LogP contribution >= 0.6 is 0 Å². The van der Waals surface area contributed by atoms with Gasteiger partial charge in [-0.2, -0.15) is 0 Å². The predicted octanol–water partition coefficient (Wildman–Crippen LogP) is 0.469. The van der Waals surface area contributed by atoms with Gasteiger partial charge < -0.3 is 9.67 Å². The highest BCUT2D eigenvalue weighted by atomic mass is 16.4. The summed E-state index contributed by atoms with van der Waals surface area (Å²) in [6.45, 7) is 3.55. The first-order valence-electron chi connectivity index (χ1n) is 4.41. The number of carbonyl (C=O) groups is 1. The smallest absolute Gasteiger partial charge is 0.328 e. The Morgan fingerprint density at radius 2 is 2.00 bits per heavy atom. The number of nitrogens with zero attached hydrogens (tertiary/aromatic N) is 2. The van der Waals surface area contributed by atoms with Crippen molar-refractivity contribution >= 4 is 5.97 Å². The number of carboxylic acid groups (broad SMARTS) is 1. The van der Waals surface area contributed by atoms with E-state index in [-0.39, 0.29) is 11.6 Å². The Balaban J connectivity index is 3.19. The first-order chi connectivity index (χ1) is 6.45. The van der Waals surface area contributed by atoms with Crippen molar-refractivity contribution in [2.75, 3.05) is 0 Å². The molecule has 0 spiro atoms. The number of carboxylic acids is 1. The van der Waals surface area contributed by atoms with Crippen LogP contribution in [0, 0.1) is 5.92 Å². The Labute approximate surface area is 81.6 Å². The minimum atomic E-state index is -0.978. The predicted molar refractivity (Wildman–Crippen MR) is 51.2 cm³/mol. The Morgan fingerprint density at radius 1 is 1.43 bits per heavy atom. The Kier molecular flexibility index (Phi) is 2.78. The van der Waals surface area contributed by atoms with E-state index in [4.69, 9.17) is 5.11 Å². The summed E-state index contributed by atoms with van der Waals surface area (Å²) in [4.78, 5) is 22.4. The van der Waals surface area contributed by atoms with Crippen LogP contribution < -0.4 is 5.69 Å². The summed E-state index contributed by atoms with van der Waals surface area (Å²) in [5, 5.41) is 8.96. The summed E-state index contributed by atoms with van der Waals surface area (Å²) in [5.41, 5.74) is -0.300. The number of imidazole rings is 1. The van der Waals surface area contributed by atoms with Crippen LogP contribution in [0.2, 0.25) is 0 Å². The van der Waals surface area contributed by atoms with Crippen molar-refractivity contribution in [2.24, 2.45) is 13.0 Å². The molecule has 0 saturated carbocycles. The molecule has 5 nitrogen and oxygen atoms in total. The highest BCUT2D eigenvalue weighted by molar-refractivity contribution is 5.72. The summed E-state index contributed by atoms with van der Waals surface area (Å²) >= 11 is 0. The van der Waals surface area contributed by atoms with Gasteiger partial charge in [0.2, 0.25) is 0 Å². The van der Waals surface area contributed by atoms with E-state index in [1.807, 2.05) is 0 Å². The van der Waals surface area contributed by atoms with Crippen LogP contribution in [-0.2, 0) is 11.8 Å². The summed E-state index contributed by atoms with van der Waals surface area (Å²) in [7, 11) is 1.60. The van der Waals surface area contributed by atoms with Crippen LogP contribution in [0.3, 0.4) is 0 Å². The SMILES string of the molecule is CC(C)C(C(=O)O)n1ccn(C)c1=O. The lowest BCUT2D eigenvalue weighted by atomic mass is 10.1. The number of hydrogen-bond acceptors (Lipinski definition) is 2. The number of aryl methyl sites for hydroxylation is 1. The Morgan fingerprint density at radius 3 is 2.29 bits per heavy atom. The van der Waals surface area contributed by atoms with E-state index >= 15 is 0 Å². The van der Waals surface area contributed by atoms with Crippen molar-refractivity contribution < 1.29 is 9.90 Å². The zero-order chi connectivity index (χ0) is 10.9. The molecule has 0 amide bonds. The van der Waals surface area contributed by atoms with Gasteiger partial charge in [-0.3, -0.25) is 4.57 Å². The molecule has 1 aromatic heterocycles. The molecule has 1 rings (SSSR count). The molecule has 0 aliphatic carbocycles. The normalized spacial score (nSPS) is 13.1. The molecule has 5 heteroatoms. The van der Waals surface area contributed by atoms with Crippen LogP contribution in [0.25, 0.3) is 0 Å². The van der Waals surface area contributed by atoms with E-state index in [9.17, 15) is 9.59 Å². The number of hydrogen-bond donors (Lipinski definition) is 1. The molecule has 78 valence electrons. The molecule has 0 aliphatic rings. The van der Waals surface area contributed by atoms with Gasteiger partial charge in [-0.1, -0.05) is 13.8 Å². The topological polar surface area (TPSA) is 64.2 Å². The minimum Gasteiger partial charge on any atom is -0.480 e. The fourth-order valence-electron chi connectivity index (χ4n) is 1.42. The van der Waals surface area contributed by atoms with Crippen molar-refractivity contribution in [1.29, 1.82) is 0 Å². The van der Waals surface area contributed by atoms with Gasteiger partial charge in [0.05, 0.1) is 0 Å². The number of aliphatic carboxylic acids is 1. The first kappa shape index (κ1) is 10.6. The largest absolute Gasteiger partial charge is 0.480 e. The van der Waals surface area contributed by atoms with Crippen LogP contribution in [0.1, 0.15) is 19.9 Å². The van der Waals surface area contributed by atoms with E-state index in [1.165, 1.54) is 15.3 Å². The molecule has 0 aromatic carbocycles. The lowest BCUT2D eigenvalue weighted by Gasteiger charge is -2.16. The zero-order valence-corrected chi connectivity index (χ0v) is 8.47. The summed E-state index contributed by atoms with van der Waals surface area (Å²) in [5.74, 6) is -1.10. The number of aromatic nitrogens is 2. The Hall–Kier alpha value is -1.52. The molecule has 1 N–H and O–H groups in total. The zero-order valence-electron chi connectivity index (χ0n) is 8.47. The third-order valence-corrected chi connectivity index (χ3v) is 2.16. The quantitative estimate of drug-likeness (QED) is 0.767. The molecule has 0 fully saturated rings. The van der Waals surface area contributed by atoms with Gasteiger partial charge in [-0.25, -0.2) is 9.59 Å². The maximum absolute atomic E-state index is 11.5. The van der Waals surface area contributed by atoms with Gasteiger partial charge in [0.15, 0.2) is 0 Å². The second-order valence-corrected chi connectivity index (χ2v) is 3.63. The number of rotatable bonds is 3. The lowest BCUT2D eigenvalue weighted by Crippen LogP contribution is -2.33. The van der Waals surface area contributed by atoms with Crippen molar-refractivity contribution in [3.63, 3.8) is 0 Å². The van der Waals surface area contributed by atoms with Crippen LogP contribution in [0.4, 0.5) is 0 Å². The van der Waals surface area contributed by atoms with Gasteiger partial charge in [0.1, 0.15) is 6.04 Å². The molecule has 0 radical (unpaired) electrons. The maximum Gasteiger partial charge on any atom is 0.328 e. The molecule has 0 aliphatic heterocycles. The van der Waals surface area contributed by atoms with E-state index in [2.05, 4.69) is 0 Å². The molecule has 1 heterocycles. The third-order valence-electron chi connectivity index (χ3n) is 2.16. The average Bonchev–Trinajstić information content (AvgIpc) is 2.35. The fourth-order valence-corrected chi connectivity index (χ4v) is 1.42. The molecule has 14 heavy (non-hydrogen) atoms. The lowest BCUT2D eigenvalue weighted by molar-refractivity contribution is -0.142. The monoisotopic (exact) mass is 198 g/mol. The van der Waals surface area contributed by atoms with Gasteiger partial charge in [0.25, 0.3) is 0 Å². The van der Waals surface area contributed by atoms with Crippen molar-refractivity contribution in [2.45, 2.75) is 19.9 Å². The van der Waals surface area contributed by atoms with Crippen LogP contribution in [0.15, 0.2) is 17.2 Å². The fraction of sp³-hybridized carbons (Fsp3) is 0.556. The first-order valence-corrected chi connectivity index (χ1v) is 4.41.